The van der Waals surface area contributed by atoms with Crippen LogP contribution >= 0.6 is 0 Å². The number of hydrogen-bond donors (Lipinski definition) is 1. The largest absolute Gasteiger partial charge is 0.465 e. The van der Waals surface area contributed by atoms with E-state index >= 15 is 0 Å². The molecule has 0 saturated carbocycles. The molecular weight excluding hydrogens is 456 g/mol. The van der Waals surface area contributed by atoms with E-state index in [1.54, 1.807) is 18.2 Å². The molecule has 8 nitrogen and oxygen atoms in total. The summed E-state index contributed by atoms with van der Waals surface area (Å²) in [6, 6.07) is 11.5. The summed E-state index contributed by atoms with van der Waals surface area (Å²) in [4.78, 5) is 28.0. The summed E-state index contributed by atoms with van der Waals surface area (Å²) < 4.78 is 39.3. The van der Waals surface area contributed by atoms with Gasteiger partial charge in [-0.05, 0) is 61.4 Å². The molecule has 1 saturated heterocycles. The predicted molar refractivity (Wildman–Crippen MR) is 128 cm³/mol. The summed E-state index contributed by atoms with van der Waals surface area (Å²) in [5.74, 6) is -0.745. The Morgan fingerprint density at radius 1 is 1.21 bits per heavy atom. The number of aromatic amines is 1. The number of nitrogens with one attached hydrogen (secondary N) is 1. The van der Waals surface area contributed by atoms with Gasteiger partial charge in [-0.2, -0.15) is 4.31 Å². The number of H-pyrrole nitrogens is 1. The predicted octanol–water partition coefficient (Wildman–Crippen LogP) is 3.30. The average Bonchev–Trinajstić information content (AvgIpc) is 3.35. The van der Waals surface area contributed by atoms with Gasteiger partial charge in [-0.25, -0.2) is 13.2 Å². The van der Waals surface area contributed by atoms with E-state index < -0.39 is 16.0 Å². The van der Waals surface area contributed by atoms with Crippen LogP contribution in [-0.2, 0) is 26.0 Å². The van der Waals surface area contributed by atoms with Crippen molar-refractivity contribution in [3.05, 3.63) is 75.1 Å². The Bertz CT molecular complexity index is 1390. The number of esters is 1. The second kappa shape index (κ2) is 9.69. The molecule has 9 heteroatoms. The van der Waals surface area contributed by atoms with Crippen LogP contribution in [0.25, 0.3) is 10.9 Å². The SMILES string of the molecule is COC(=O)c1ccccc1S(=O)(=O)N(Cc1cc2ccc(C)c(C)c2[nH]c1=O)CC1CCCO1. The van der Waals surface area contributed by atoms with Gasteiger partial charge in [-0.3, -0.25) is 4.79 Å². The Hall–Kier alpha value is -3.01. The summed E-state index contributed by atoms with van der Waals surface area (Å²) in [6.45, 7) is 4.38. The molecule has 0 spiro atoms. The van der Waals surface area contributed by atoms with Crippen molar-refractivity contribution in [2.75, 3.05) is 20.3 Å². The molecule has 1 aromatic heterocycles. The van der Waals surface area contributed by atoms with Crippen LogP contribution in [0.2, 0.25) is 0 Å². The first-order chi connectivity index (χ1) is 16.2. The summed E-state index contributed by atoms with van der Waals surface area (Å²) in [5.41, 5.74) is 2.66. The molecule has 4 rings (SSSR count). The molecule has 1 N–H and O–H groups in total. The van der Waals surface area contributed by atoms with Gasteiger partial charge in [0.25, 0.3) is 5.56 Å². The highest BCUT2D eigenvalue weighted by molar-refractivity contribution is 7.89. The Morgan fingerprint density at radius 2 is 1.97 bits per heavy atom. The second-order valence-electron chi connectivity index (χ2n) is 8.52. The van der Waals surface area contributed by atoms with Gasteiger partial charge in [-0.1, -0.05) is 24.3 Å². The molecule has 0 radical (unpaired) electrons. The quantitative estimate of drug-likeness (QED) is 0.516. The van der Waals surface area contributed by atoms with Gasteiger partial charge in [0.05, 0.1) is 29.2 Å². The molecule has 0 amide bonds. The summed E-state index contributed by atoms with van der Waals surface area (Å²) >= 11 is 0. The van der Waals surface area contributed by atoms with Gasteiger partial charge in [0.15, 0.2) is 0 Å². The molecule has 1 fully saturated rings. The molecule has 1 aliphatic heterocycles. The number of benzene rings is 2. The van der Waals surface area contributed by atoms with Crippen molar-refractivity contribution < 1.29 is 22.7 Å². The smallest absolute Gasteiger partial charge is 0.339 e. The van der Waals surface area contributed by atoms with Gasteiger partial charge in [0, 0.05) is 25.3 Å². The number of rotatable bonds is 7. The van der Waals surface area contributed by atoms with E-state index in [0.717, 1.165) is 34.9 Å². The number of nitrogens with zero attached hydrogens (tertiary/aromatic N) is 1. The van der Waals surface area contributed by atoms with E-state index in [1.807, 2.05) is 26.0 Å². The first-order valence-corrected chi connectivity index (χ1v) is 12.6. The Labute approximate surface area is 198 Å². The van der Waals surface area contributed by atoms with Crippen LogP contribution < -0.4 is 5.56 Å². The van der Waals surface area contributed by atoms with Crippen LogP contribution in [0, 0.1) is 13.8 Å². The third-order valence-corrected chi connectivity index (χ3v) is 8.19. The summed E-state index contributed by atoms with van der Waals surface area (Å²) in [7, 11) is -2.96. The maximum Gasteiger partial charge on any atom is 0.339 e. The van der Waals surface area contributed by atoms with E-state index in [1.165, 1.54) is 23.5 Å². The number of methoxy groups -OCH3 is 1. The van der Waals surface area contributed by atoms with Gasteiger partial charge < -0.3 is 14.5 Å². The van der Waals surface area contributed by atoms with Gasteiger partial charge >= 0.3 is 5.97 Å². The lowest BCUT2D eigenvalue weighted by Crippen LogP contribution is -2.39. The maximum absolute atomic E-state index is 13.8. The number of sulfonamides is 1. The lowest BCUT2D eigenvalue weighted by Gasteiger charge is -2.25. The van der Waals surface area contributed by atoms with Crippen LogP contribution in [0.4, 0.5) is 0 Å². The van der Waals surface area contributed by atoms with Crippen molar-refractivity contribution in [1.29, 1.82) is 0 Å². The van der Waals surface area contributed by atoms with Gasteiger partial charge in [-0.15, -0.1) is 0 Å². The van der Waals surface area contributed by atoms with Crippen LogP contribution in [0.15, 0.2) is 52.2 Å². The van der Waals surface area contributed by atoms with Crippen molar-refractivity contribution in [3.63, 3.8) is 0 Å². The third-order valence-electron chi connectivity index (χ3n) is 6.32. The molecule has 3 aromatic rings. The highest BCUT2D eigenvalue weighted by atomic mass is 32.2. The second-order valence-corrected chi connectivity index (χ2v) is 10.4. The van der Waals surface area contributed by atoms with Crippen molar-refractivity contribution in [3.8, 4) is 0 Å². The summed E-state index contributed by atoms with van der Waals surface area (Å²) in [6.07, 6.45) is 1.27. The molecule has 34 heavy (non-hydrogen) atoms. The normalized spacial score (nSPS) is 16.3. The van der Waals surface area contributed by atoms with Gasteiger partial charge in [0.2, 0.25) is 10.0 Å². The number of pyridine rings is 1. The minimum absolute atomic E-state index is 0.0548. The lowest BCUT2D eigenvalue weighted by atomic mass is 10.0. The monoisotopic (exact) mass is 484 g/mol. The number of fused-ring (bicyclic) bond motifs is 1. The van der Waals surface area contributed by atoms with E-state index in [-0.39, 0.29) is 35.2 Å². The van der Waals surface area contributed by atoms with Crippen LogP contribution in [0.3, 0.4) is 0 Å². The molecule has 2 heterocycles. The highest BCUT2D eigenvalue weighted by Crippen LogP contribution is 2.26. The zero-order valence-electron chi connectivity index (χ0n) is 19.5. The first-order valence-electron chi connectivity index (χ1n) is 11.1. The molecular formula is C25H28N2O6S. The zero-order valence-corrected chi connectivity index (χ0v) is 20.3. The van der Waals surface area contributed by atoms with E-state index in [2.05, 4.69) is 4.98 Å². The number of aromatic nitrogens is 1. The highest BCUT2D eigenvalue weighted by Gasteiger charge is 2.33. The molecule has 1 atom stereocenters. The van der Waals surface area contributed by atoms with Crippen molar-refractivity contribution in [1.82, 2.24) is 9.29 Å². The fraction of sp³-hybridized carbons (Fsp3) is 0.360. The fourth-order valence-electron chi connectivity index (χ4n) is 4.25. The molecule has 2 aromatic carbocycles. The average molecular weight is 485 g/mol. The van der Waals surface area contributed by atoms with Crippen LogP contribution in [0.1, 0.15) is 39.9 Å². The van der Waals surface area contributed by atoms with E-state index in [9.17, 15) is 18.0 Å². The fourth-order valence-corrected chi connectivity index (χ4v) is 5.88. The number of carbonyl (C=O) groups excluding carboxylic acids is 1. The first kappa shape index (κ1) is 24.1. The number of hydrogen-bond acceptors (Lipinski definition) is 6. The molecule has 180 valence electrons. The van der Waals surface area contributed by atoms with E-state index in [4.69, 9.17) is 9.47 Å². The third kappa shape index (κ3) is 4.64. The lowest BCUT2D eigenvalue weighted by molar-refractivity contribution is 0.0596. The molecule has 0 aliphatic carbocycles. The van der Waals surface area contributed by atoms with Crippen LogP contribution in [-0.4, -0.2) is 50.0 Å². The number of ether oxygens (including phenoxy) is 2. The topological polar surface area (TPSA) is 106 Å². The van der Waals surface area contributed by atoms with Gasteiger partial charge in [0.1, 0.15) is 0 Å². The Morgan fingerprint density at radius 3 is 2.68 bits per heavy atom. The molecule has 1 aliphatic rings. The Balaban J connectivity index is 1.79. The van der Waals surface area contributed by atoms with E-state index in [0.29, 0.717) is 12.2 Å². The molecule has 0 bridgehead atoms. The molecule has 1 unspecified atom stereocenters. The maximum atomic E-state index is 13.8. The Kier molecular flexibility index (Phi) is 6.88. The minimum atomic E-state index is -4.16. The standard InChI is InChI=1S/C25H28N2O6S/c1-16-10-11-18-13-19(24(28)26-23(18)17(16)2)14-27(15-20-7-6-12-33-20)34(30,31)22-9-5-4-8-21(22)25(29)32-3/h4-5,8-11,13,20H,6-7,12,14-15H2,1-3H3,(H,26,28). The number of carbonyl (C=O) groups is 1. The summed E-state index contributed by atoms with van der Waals surface area (Å²) in [5, 5.41) is 0.821. The zero-order chi connectivity index (χ0) is 24.5. The number of aryl methyl sites for hydroxylation is 2. The van der Waals surface area contributed by atoms with Crippen LogP contribution in [0.5, 0.6) is 0 Å². The van der Waals surface area contributed by atoms with Crippen molar-refractivity contribution in [2.24, 2.45) is 0 Å². The van der Waals surface area contributed by atoms with Crippen molar-refractivity contribution in [2.45, 2.75) is 44.2 Å². The minimum Gasteiger partial charge on any atom is -0.465 e. The van der Waals surface area contributed by atoms with Crippen molar-refractivity contribution >= 4 is 26.9 Å².